The molecule has 1 aromatic heterocycles. The summed E-state index contributed by atoms with van der Waals surface area (Å²) in [5, 5.41) is 1.15. The maximum absolute atomic E-state index is 4.29. The number of aromatic nitrogens is 1. The normalized spacial score (nSPS) is 9.67. The quantitative estimate of drug-likeness (QED) is 0.530. The van der Waals surface area contributed by atoms with Crippen LogP contribution in [0.5, 0.6) is 0 Å². The second kappa shape index (κ2) is 2.52. The molecule has 0 atom stereocenters. The van der Waals surface area contributed by atoms with Gasteiger partial charge in [0.05, 0.1) is 5.01 Å². The van der Waals surface area contributed by atoms with Crippen molar-refractivity contribution in [3.63, 3.8) is 0 Å². The van der Waals surface area contributed by atoms with Gasteiger partial charge in [0, 0.05) is 10.5 Å². The van der Waals surface area contributed by atoms with Gasteiger partial charge in [-0.1, -0.05) is 6.82 Å². The van der Waals surface area contributed by atoms with E-state index in [4.69, 9.17) is 0 Å². The van der Waals surface area contributed by atoms with Crippen molar-refractivity contribution in [2.24, 2.45) is 0 Å². The Labute approximate surface area is 60.4 Å². The van der Waals surface area contributed by atoms with E-state index >= 15 is 0 Å². The number of thiazole rings is 1. The van der Waals surface area contributed by atoms with Crippen LogP contribution in [0, 0.1) is 13.8 Å². The molecule has 0 saturated heterocycles. The maximum Gasteiger partial charge on any atom is 0.175 e. The van der Waals surface area contributed by atoms with Crippen molar-refractivity contribution in [2.75, 3.05) is 0 Å². The minimum absolute atomic E-state index is 1.14. The molecule has 0 aliphatic carbocycles. The lowest BCUT2D eigenvalue weighted by Crippen LogP contribution is -2.14. The molecule has 1 rings (SSSR count). The van der Waals surface area contributed by atoms with Gasteiger partial charge in [-0.25, -0.2) is 0 Å². The molecule has 1 heterocycles. The average molecular weight is 138 g/mol. The Bertz CT molecular complexity index is 207. The van der Waals surface area contributed by atoms with Crippen LogP contribution in [0.1, 0.15) is 9.88 Å². The molecule has 1 nitrogen and oxygen atoms in total. The molecule has 9 heavy (non-hydrogen) atoms. The first kappa shape index (κ1) is 6.81. The summed E-state index contributed by atoms with van der Waals surface area (Å²) in [6.45, 7) is 6.14. The van der Waals surface area contributed by atoms with Crippen LogP contribution < -0.4 is 5.59 Å². The van der Waals surface area contributed by atoms with Crippen LogP contribution in [0.2, 0.25) is 6.82 Å². The van der Waals surface area contributed by atoms with Gasteiger partial charge in [-0.3, -0.25) is 4.98 Å². The minimum atomic E-state index is 1.14. The zero-order valence-corrected chi connectivity index (χ0v) is 6.75. The van der Waals surface area contributed by atoms with Gasteiger partial charge < -0.3 is 0 Å². The van der Waals surface area contributed by atoms with Crippen LogP contribution in [0.4, 0.5) is 0 Å². The van der Waals surface area contributed by atoms with Crippen LogP contribution >= 0.6 is 11.3 Å². The lowest BCUT2D eigenvalue weighted by molar-refractivity contribution is 1.33. The van der Waals surface area contributed by atoms with Gasteiger partial charge in [0.15, 0.2) is 7.28 Å². The fourth-order valence-electron chi connectivity index (χ4n) is 0.813. The fourth-order valence-corrected chi connectivity index (χ4v) is 1.67. The number of aryl methyl sites for hydroxylation is 2. The summed E-state index contributed by atoms with van der Waals surface area (Å²) >= 11 is 1.75. The van der Waals surface area contributed by atoms with Crippen molar-refractivity contribution in [1.29, 1.82) is 0 Å². The summed E-state index contributed by atoms with van der Waals surface area (Å²) < 4.78 is 0. The molecular formula is C6H9BNS. The molecule has 0 fully saturated rings. The average Bonchev–Trinajstić information content (AvgIpc) is 2.10. The lowest BCUT2D eigenvalue weighted by Gasteiger charge is -1.84. The first-order valence-electron chi connectivity index (χ1n) is 2.97. The Hall–Kier alpha value is -0.305. The largest absolute Gasteiger partial charge is 0.257 e. The van der Waals surface area contributed by atoms with Gasteiger partial charge in [0.2, 0.25) is 0 Å². The van der Waals surface area contributed by atoms with Gasteiger partial charge in [0.1, 0.15) is 0 Å². The molecule has 3 heteroatoms. The molecule has 1 radical (unpaired) electrons. The standard InChI is InChI=1S/C6H9BNS/c1-4-6(7-3)8-5(2)9-4/h1-3H3. The van der Waals surface area contributed by atoms with Crippen molar-refractivity contribution < 1.29 is 0 Å². The van der Waals surface area contributed by atoms with E-state index in [9.17, 15) is 0 Å². The maximum atomic E-state index is 4.29. The minimum Gasteiger partial charge on any atom is -0.257 e. The van der Waals surface area contributed by atoms with Crippen LogP contribution in [-0.2, 0) is 0 Å². The summed E-state index contributed by atoms with van der Waals surface area (Å²) in [5.41, 5.74) is 1.14. The van der Waals surface area contributed by atoms with E-state index in [1.807, 2.05) is 21.0 Å². The van der Waals surface area contributed by atoms with Crippen LogP contribution in [0.15, 0.2) is 0 Å². The molecule has 0 aliphatic rings. The predicted molar refractivity (Wildman–Crippen MR) is 42.8 cm³/mol. The van der Waals surface area contributed by atoms with E-state index in [-0.39, 0.29) is 0 Å². The van der Waals surface area contributed by atoms with E-state index in [0.29, 0.717) is 0 Å². The highest BCUT2D eigenvalue weighted by Crippen LogP contribution is 2.06. The molecule has 0 spiro atoms. The zero-order chi connectivity index (χ0) is 6.85. The number of nitrogens with zero attached hydrogens (tertiary/aromatic N) is 1. The molecule has 0 amide bonds. The first-order chi connectivity index (χ1) is 4.24. The second-order valence-corrected chi connectivity index (χ2v) is 3.37. The first-order valence-corrected chi connectivity index (χ1v) is 3.79. The van der Waals surface area contributed by atoms with E-state index in [1.54, 1.807) is 11.3 Å². The fraction of sp³-hybridized carbons (Fsp3) is 0.500. The van der Waals surface area contributed by atoms with E-state index < -0.39 is 0 Å². The number of rotatable bonds is 1. The van der Waals surface area contributed by atoms with Gasteiger partial charge in [-0.2, -0.15) is 0 Å². The third-order valence-electron chi connectivity index (χ3n) is 1.21. The van der Waals surface area contributed by atoms with E-state index in [2.05, 4.69) is 11.9 Å². The van der Waals surface area contributed by atoms with Crippen molar-refractivity contribution >= 4 is 24.2 Å². The van der Waals surface area contributed by atoms with Crippen molar-refractivity contribution in [2.45, 2.75) is 20.7 Å². The molecule has 1 aromatic rings. The van der Waals surface area contributed by atoms with Crippen LogP contribution in [0.25, 0.3) is 0 Å². The Morgan fingerprint density at radius 3 is 2.33 bits per heavy atom. The third kappa shape index (κ3) is 1.33. The highest BCUT2D eigenvalue weighted by Gasteiger charge is 2.00. The lowest BCUT2D eigenvalue weighted by atomic mass is 9.77. The van der Waals surface area contributed by atoms with Gasteiger partial charge in [-0.15, -0.1) is 11.3 Å². The molecule has 0 saturated carbocycles. The molecule has 47 valence electrons. The molecule has 0 unspecified atom stereocenters. The second-order valence-electron chi connectivity index (χ2n) is 1.96. The van der Waals surface area contributed by atoms with Crippen molar-refractivity contribution in [3.8, 4) is 0 Å². The highest BCUT2D eigenvalue weighted by atomic mass is 32.1. The Morgan fingerprint density at radius 2 is 2.11 bits per heavy atom. The molecule has 0 N–H and O–H groups in total. The third-order valence-corrected chi connectivity index (χ3v) is 2.11. The van der Waals surface area contributed by atoms with Crippen molar-refractivity contribution in [1.82, 2.24) is 4.98 Å². The summed E-state index contributed by atoms with van der Waals surface area (Å²) in [4.78, 5) is 5.61. The van der Waals surface area contributed by atoms with Gasteiger partial charge in [0.25, 0.3) is 0 Å². The highest BCUT2D eigenvalue weighted by molar-refractivity contribution is 7.12. The molecule has 0 bridgehead atoms. The molecule has 0 aromatic carbocycles. The zero-order valence-electron chi connectivity index (χ0n) is 5.93. The summed E-state index contributed by atoms with van der Waals surface area (Å²) in [5.74, 6) is 0. The van der Waals surface area contributed by atoms with Crippen LogP contribution in [-0.4, -0.2) is 12.3 Å². The summed E-state index contributed by atoms with van der Waals surface area (Å²) in [6.07, 6.45) is 0. The van der Waals surface area contributed by atoms with Crippen molar-refractivity contribution in [3.05, 3.63) is 9.88 Å². The number of hydrogen-bond donors (Lipinski definition) is 0. The number of hydrogen-bond acceptors (Lipinski definition) is 2. The van der Waals surface area contributed by atoms with Crippen LogP contribution in [0.3, 0.4) is 0 Å². The van der Waals surface area contributed by atoms with Gasteiger partial charge >= 0.3 is 0 Å². The topological polar surface area (TPSA) is 12.9 Å². The molecular weight excluding hydrogens is 129 g/mol. The predicted octanol–water partition coefficient (Wildman–Crippen LogP) is 1.14. The van der Waals surface area contributed by atoms with E-state index in [0.717, 1.165) is 10.6 Å². The Kier molecular flexibility index (Phi) is 1.91. The monoisotopic (exact) mass is 138 g/mol. The summed E-state index contributed by atoms with van der Waals surface area (Å²) in [7, 11) is 2.04. The molecule has 0 aliphatic heterocycles. The van der Waals surface area contributed by atoms with E-state index in [1.165, 1.54) is 4.88 Å². The SMILES string of the molecule is C[B]c1nc(C)sc1C. The van der Waals surface area contributed by atoms with Gasteiger partial charge in [-0.05, 0) is 13.8 Å². The Balaban J connectivity index is 3.01. The Morgan fingerprint density at radius 1 is 1.44 bits per heavy atom. The summed E-state index contributed by atoms with van der Waals surface area (Å²) in [6, 6.07) is 0. The smallest absolute Gasteiger partial charge is 0.175 e.